The van der Waals surface area contributed by atoms with E-state index < -0.39 is 23.3 Å². The van der Waals surface area contributed by atoms with E-state index in [1.807, 2.05) is 0 Å². The van der Waals surface area contributed by atoms with E-state index in [2.05, 4.69) is 4.98 Å². The van der Waals surface area contributed by atoms with Gasteiger partial charge in [-0.15, -0.1) is 0 Å². The monoisotopic (exact) mass is 265 g/mol. The molecule has 1 aliphatic heterocycles. The van der Waals surface area contributed by atoms with Crippen LogP contribution in [0.2, 0.25) is 0 Å². The molecule has 0 unspecified atom stereocenters. The Bertz CT molecular complexity index is 531. The predicted molar refractivity (Wildman–Crippen MR) is 62.3 cm³/mol. The lowest BCUT2D eigenvalue weighted by atomic mass is 10.4. The molecule has 0 aliphatic carbocycles. The standard InChI is InChI=1S/C11H11N3O5/c15-9-4-2-6-13(9)10(16)7-19-8-3-1-5-12-11(8)14(17)18/h1,3,5H,2,4,6-7H2. The minimum absolute atomic E-state index is 0.0903. The van der Waals surface area contributed by atoms with Gasteiger partial charge in [0.15, 0.2) is 6.61 Å². The maximum absolute atomic E-state index is 11.7. The lowest BCUT2D eigenvalue weighted by Crippen LogP contribution is -2.35. The van der Waals surface area contributed by atoms with Gasteiger partial charge in [0.2, 0.25) is 11.7 Å². The summed E-state index contributed by atoms with van der Waals surface area (Å²) in [4.78, 5) is 37.7. The number of nitrogens with zero attached hydrogens (tertiary/aromatic N) is 3. The van der Waals surface area contributed by atoms with Gasteiger partial charge in [0.25, 0.3) is 5.91 Å². The van der Waals surface area contributed by atoms with Gasteiger partial charge < -0.3 is 14.9 Å². The molecule has 8 nitrogen and oxygen atoms in total. The zero-order chi connectivity index (χ0) is 13.8. The first-order valence-electron chi connectivity index (χ1n) is 5.65. The number of hydrogen-bond donors (Lipinski definition) is 0. The molecule has 0 atom stereocenters. The van der Waals surface area contributed by atoms with Crippen LogP contribution in [0.4, 0.5) is 5.82 Å². The summed E-state index contributed by atoms with van der Waals surface area (Å²) in [7, 11) is 0. The van der Waals surface area contributed by atoms with E-state index in [1.165, 1.54) is 18.3 Å². The van der Waals surface area contributed by atoms with Crippen molar-refractivity contribution in [3.05, 3.63) is 28.4 Å². The highest BCUT2D eigenvalue weighted by Crippen LogP contribution is 2.23. The molecule has 2 amide bonds. The SMILES string of the molecule is O=C1CCCN1C(=O)COc1cccnc1[N+](=O)[O-]. The third-order valence-electron chi connectivity index (χ3n) is 2.65. The minimum Gasteiger partial charge on any atom is -0.476 e. The summed E-state index contributed by atoms with van der Waals surface area (Å²) in [6.45, 7) is -0.0472. The third kappa shape index (κ3) is 2.84. The molecule has 0 bridgehead atoms. The smallest absolute Gasteiger partial charge is 0.406 e. The van der Waals surface area contributed by atoms with Crippen molar-refractivity contribution in [2.75, 3.05) is 13.2 Å². The number of imide groups is 1. The van der Waals surface area contributed by atoms with Gasteiger partial charge >= 0.3 is 5.82 Å². The van der Waals surface area contributed by atoms with Crippen molar-refractivity contribution < 1.29 is 19.2 Å². The number of carbonyl (C=O) groups excluding carboxylic acids is 2. The number of nitro groups is 1. The van der Waals surface area contributed by atoms with E-state index in [4.69, 9.17) is 4.74 Å². The Morgan fingerprint density at radius 2 is 2.37 bits per heavy atom. The molecule has 1 aliphatic rings. The zero-order valence-corrected chi connectivity index (χ0v) is 9.94. The van der Waals surface area contributed by atoms with Crippen LogP contribution in [0.25, 0.3) is 0 Å². The predicted octanol–water partition coefficient (Wildman–Crippen LogP) is 0.518. The van der Waals surface area contributed by atoms with Crippen LogP contribution < -0.4 is 4.74 Å². The molecule has 1 aromatic rings. The van der Waals surface area contributed by atoms with Gasteiger partial charge in [0, 0.05) is 13.0 Å². The molecule has 19 heavy (non-hydrogen) atoms. The van der Waals surface area contributed by atoms with Crippen LogP contribution in [0.1, 0.15) is 12.8 Å². The summed E-state index contributed by atoms with van der Waals surface area (Å²) in [5, 5.41) is 10.7. The summed E-state index contributed by atoms with van der Waals surface area (Å²) >= 11 is 0. The highest BCUT2D eigenvalue weighted by Gasteiger charge is 2.27. The summed E-state index contributed by atoms with van der Waals surface area (Å²) < 4.78 is 5.07. The summed E-state index contributed by atoms with van der Waals surface area (Å²) in [6.07, 6.45) is 2.24. The van der Waals surface area contributed by atoms with E-state index in [0.29, 0.717) is 19.4 Å². The Labute approximate surface area is 108 Å². The fourth-order valence-corrected chi connectivity index (χ4v) is 1.76. The Hall–Kier alpha value is -2.51. The first-order chi connectivity index (χ1) is 9.09. The van der Waals surface area contributed by atoms with Gasteiger partial charge in [0.05, 0.1) is 0 Å². The van der Waals surface area contributed by atoms with Crippen LogP contribution in [0.15, 0.2) is 18.3 Å². The Kier molecular flexibility index (Phi) is 3.69. The van der Waals surface area contributed by atoms with Gasteiger partial charge in [-0.05, 0) is 28.5 Å². The average Bonchev–Trinajstić information content (AvgIpc) is 2.82. The van der Waals surface area contributed by atoms with E-state index in [9.17, 15) is 19.7 Å². The van der Waals surface area contributed by atoms with Crippen LogP contribution >= 0.6 is 0 Å². The lowest BCUT2D eigenvalue weighted by molar-refractivity contribution is -0.390. The van der Waals surface area contributed by atoms with Crippen LogP contribution in [0.3, 0.4) is 0 Å². The highest BCUT2D eigenvalue weighted by molar-refractivity contribution is 5.97. The van der Waals surface area contributed by atoms with Crippen molar-refractivity contribution in [2.24, 2.45) is 0 Å². The Morgan fingerprint density at radius 3 is 3.00 bits per heavy atom. The van der Waals surface area contributed by atoms with Crippen molar-refractivity contribution in [3.63, 3.8) is 0 Å². The number of hydrogen-bond acceptors (Lipinski definition) is 6. The second-order valence-electron chi connectivity index (χ2n) is 3.91. The third-order valence-corrected chi connectivity index (χ3v) is 2.65. The topological polar surface area (TPSA) is 103 Å². The molecule has 2 heterocycles. The molecule has 1 fully saturated rings. The number of ether oxygens (including phenoxy) is 1. The van der Waals surface area contributed by atoms with E-state index in [1.54, 1.807) is 0 Å². The Balaban J connectivity index is 2.01. The second-order valence-corrected chi connectivity index (χ2v) is 3.91. The van der Waals surface area contributed by atoms with E-state index >= 15 is 0 Å². The molecule has 0 saturated carbocycles. The van der Waals surface area contributed by atoms with Gasteiger partial charge in [-0.2, -0.15) is 0 Å². The summed E-state index contributed by atoms with van der Waals surface area (Å²) in [5.74, 6) is -1.29. The van der Waals surface area contributed by atoms with Gasteiger partial charge in [-0.1, -0.05) is 0 Å². The van der Waals surface area contributed by atoms with Gasteiger partial charge in [-0.3, -0.25) is 14.5 Å². The first kappa shape index (κ1) is 12.9. The normalized spacial score (nSPS) is 14.5. The molecule has 100 valence electrons. The van der Waals surface area contributed by atoms with Crippen LogP contribution in [-0.4, -0.2) is 39.8 Å². The summed E-state index contributed by atoms with van der Waals surface area (Å²) in [6, 6.07) is 2.82. The van der Waals surface area contributed by atoms with Crippen molar-refractivity contribution in [1.29, 1.82) is 0 Å². The number of pyridine rings is 1. The molecule has 1 aromatic heterocycles. The Morgan fingerprint density at radius 1 is 1.58 bits per heavy atom. The van der Waals surface area contributed by atoms with E-state index in [-0.39, 0.29) is 11.7 Å². The average molecular weight is 265 g/mol. The molecule has 0 radical (unpaired) electrons. The van der Waals surface area contributed by atoms with Crippen LogP contribution in [-0.2, 0) is 9.59 Å². The van der Waals surface area contributed by atoms with Crippen molar-refractivity contribution in [1.82, 2.24) is 9.88 Å². The number of rotatable bonds is 4. The molecular weight excluding hydrogens is 254 g/mol. The van der Waals surface area contributed by atoms with Crippen molar-refractivity contribution >= 4 is 17.6 Å². The van der Waals surface area contributed by atoms with Crippen LogP contribution in [0.5, 0.6) is 5.75 Å². The fraction of sp³-hybridized carbons (Fsp3) is 0.364. The van der Waals surface area contributed by atoms with Gasteiger partial charge in [0.1, 0.15) is 6.20 Å². The van der Waals surface area contributed by atoms with Crippen molar-refractivity contribution in [3.8, 4) is 5.75 Å². The molecule has 8 heteroatoms. The largest absolute Gasteiger partial charge is 0.476 e. The highest BCUT2D eigenvalue weighted by atomic mass is 16.6. The molecule has 0 aromatic carbocycles. The van der Waals surface area contributed by atoms with E-state index in [0.717, 1.165) is 4.90 Å². The first-order valence-corrected chi connectivity index (χ1v) is 5.65. The molecule has 0 N–H and O–H groups in total. The molecule has 1 saturated heterocycles. The minimum atomic E-state index is -0.694. The number of aromatic nitrogens is 1. The maximum atomic E-state index is 11.7. The number of carbonyl (C=O) groups is 2. The van der Waals surface area contributed by atoms with Crippen LogP contribution in [0, 0.1) is 10.1 Å². The second kappa shape index (κ2) is 5.42. The quantitative estimate of drug-likeness (QED) is 0.580. The number of likely N-dealkylation sites (tertiary alicyclic amines) is 1. The van der Waals surface area contributed by atoms with Crippen molar-refractivity contribution in [2.45, 2.75) is 12.8 Å². The molecule has 0 spiro atoms. The van der Waals surface area contributed by atoms with Gasteiger partial charge in [-0.25, -0.2) is 0 Å². The fourth-order valence-electron chi connectivity index (χ4n) is 1.76. The molecule has 2 rings (SSSR count). The lowest BCUT2D eigenvalue weighted by Gasteiger charge is -2.13. The summed E-state index contributed by atoms with van der Waals surface area (Å²) in [5.41, 5.74) is 0. The molecular formula is C11H11N3O5. The maximum Gasteiger partial charge on any atom is 0.406 e. The zero-order valence-electron chi connectivity index (χ0n) is 9.94. The number of amides is 2.